The first-order valence-electron chi connectivity index (χ1n) is 8.56. The van der Waals surface area contributed by atoms with Gasteiger partial charge in [0, 0.05) is 23.5 Å². The Morgan fingerprint density at radius 1 is 0.741 bits per heavy atom. The maximum absolute atomic E-state index is 12.7. The van der Waals surface area contributed by atoms with Crippen molar-refractivity contribution in [2.45, 2.75) is 6.54 Å². The minimum absolute atomic E-state index is 0. The van der Waals surface area contributed by atoms with Gasteiger partial charge in [0.05, 0.1) is 6.54 Å². The molecular weight excluding hydrogens is 356 g/mol. The SMILES string of the molecule is Cl.O=C(Cn1ccnc1-c1ccccc1)c1ccc(-c2ccccc2)cc1. The fraction of sp³-hybridized carbons (Fsp3) is 0.0435. The lowest BCUT2D eigenvalue weighted by Gasteiger charge is -2.08. The molecular formula is C23H19ClN2O. The van der Waals surface area contributed by atoms with Gasteiger partial charge in [-0.2, -0.15) is 0 Å². The minimum Gasteiger partial charge on any atom is -0.323 e. The number of carbonyl (C=O) groups is 1. The molecule has 0 aliphatic heterocycles. The summed E-state index contributed by atoms with van der Waals surface area (Å²) in [7, 11) is 0. The van der Waals surface area contributed by atoms with Crippen LogP contribution >= 0.6 is 12.4 Å². The van der Waals surface area contributed by atoms with E-state index in [0.717, 1.165) is 22.5 Å². The number of rotatable bonds is 5. The highest BCUT2D eigenvalue weighted by Gasteiger charge is 2.11. The Hall–Kier alpha value is -3.17. The van der Waals surface area contributed by atoms with Crippen LogP contribution in [0, 0.1) is 0 Å². The Bertz CT molecular complexity index is 1010. The van der Waals surface area contributed by atoms with Crippen molar-refractivity contribution < 1.29 is 4.79 Å². The lowest BCUT2D eigenvalue weighted by Crippen LogP contribution is -2.10. The van der Waals surface area contributed by atoms with Crippen molar-refractivity contribution in [1.29, 1.82) is 0 Å². The van der Waals surface area contributed by atoms with Crippen LogP contribution in [0.4, 0.5) is 0 Å². The van der Waals surface area contributed by atoms with Gasteiger partial charge < -0.3 is 4.57 Å². The van der Waals surface area contributed by atoms with Gasteiger partial charge in [-0.05, 0) is 11.1 Å². The Labute approximate surface area is 164 Å². The summed E-state index contributed by atoms with van der Waals surface area (Å²) in [5.41, 5.74) is 3.96. The second-order valence-corrected chi connectivity index (χ2v) is 6.11. The molecule has 4 aromatic rings. The molecule has 3 nitrogen and oxygen atoms in total. The van der Waals surface area contributed by atoms with E-state index >= 15 is 0 Å². The fourth-order valence-corrected chi connectivity index (χ4v) is 3.01. The predicted octanol–water partition coefficient (Wildman–Crippen LogP) is 5.52. The molecule has 1 heterocycles. The number of Topliss-reactive ketones (excluding diaryl/α,β-unsaturated/α-hetero) is 1. The zero-order valence-electron chi connectivity index (χ0n) is 14.7. The van der Waals surface area contributed by atoms with E-state index in [9.17, 15) is 4.79 Å². The third kappa shape index (κ3) is 4.15. The van der Waals surface area contributed by atoms with Crippen molar-refractivity contribution in [3.63, 3.8) is 0 Å². The van der Waals surface area contributed by atoms with Gasteiger partial charge in [-0.3, -0.25) is 4.79 Å². The molecule has 1 aromatic heterocycles. The van der Waals surface area contributed by atoms with Crippen molar-refractivity contribution in [3.05, 3.63) is 103 Å². The molecule has 0 saturated carbocycles. The molecule has 3 aromatic carbocycles. The number of hydrogen-bond donors (Lipinski definition) is 0. The van der Waals surface area contributed by atoms with Crippen LogP contribution in [-0.4, -0.2) is 15.3 Å². The molecule has 0 aliphatic carbocycles. The van der Waals surface area contributed by atoms with E-state index in [1.165, 1.54) is 0 Å². The Kier molecular flexibility index (Phi) is 5.84. The van der Waals surface area contributed by atoms with Gasteiger partial charge in [0.1, 0.15) is 5.82 Å². The topological polar surface area (TPSA) is 34.9 Å². The molecule has 27 heavy (non-hydrogen) atoms. The molecule has 0 radical (unpaired) electrons. The molecule has 0 N–H and O–H groups in total. The summed E-state index contributed by atoms with van der Waals surface area (Å²) < 4.78 is 1.89. The highest BCUT2D eigenvalue weighted by atomic mass is 35.5. The molecule has 4 heteroatoms. The first-order valence-corrected chi connectivity index (χ1v) is 8.56. The number of imidazole rings is 1. The van der Waals surface area contributed by atoms with Gasteiger partial charge in [-0.1, -0.05) is 84.9 Å². The Morgan fingerprint density at radius 2 is 1.30 bits per heavy atom. The highest BCUT2D eigenvalue weighted by Crippen LogP contribution is 2.21. The zero-order valence-corrected chi connectivity index (χ0v) is 15.5. The number of carbonyl (C=O) groups excluding carboxylic acids is 1. The van der Waals surface area contributed by atoms with Crippen LogP contribution in [-0.2, 0) is 6.54 Å². The number of aromatic nitrogens is 2. The second-order valence-electron chi connectivity index (χ2n) is 6.11. The Morgan fingerprint density at radius 3 is 1.93 bits per heavy atom. The standard InChI is InChI=1S/C23H18N2O.ClH/c26-22(17-25-16-15-24-23(25)21-9-5-2-6-10-21)20-13-11-19(12-14-20)18-7-3-1-4-8-18;/h1-16H,17H2;1H. The summed E-state index contributed by atoms with van der Waals surface area (Å²) in [6.07, 6.45) is 3.58. The van der Waals surface area contributed by atoms with Gasteiger partial charge in [-0.15, -0.1) is 12.4 Å². The molecule has 0 saturated heterocycles. The molecule has 0 amide bonds. The van der Waals surface area contributed by atoms with Gasteiger partial charge in [0.25, 0.3) is 0 Å². The lowest BCUT2D eigenvalue weighted by molar-refractivity contribution is 0.0972. The van der Waals surface area contributed by atoms with Crippen LogP contribution in [0.25, 0.3) is 22.5 Å². The summed E-state index contributed by atoms with van der Waals surface area (Å²) in [5.74, 6) is 0.875. The van der Waals surface area contributed by atoms with Gasteiger partial charge in [0.2, 0.25) is 0 Å². The quantitative estimate of drug-likeness (QED) is 0.431. The van der Waals surface area contributed by atoms with Crippen molar-refractivity contribution >= 4 is 18.2 Å². The van der Waals surface area contributed by atoms with E-state index in [2.05, 4.69) is 17.1 Å². The molecule has 0 bridgehead atoms. The molecule has 4 rings (SSSR count). The predicted molar refractivity (Wildman–Crippen MR) is 111 cm³/mol. The maximum atomic E-state index is 12.7. The molecule has 0 atom stereocenters. The van der Waals surface area contributed by atoms with E-state index < -0.39 is 0 Å². The molecule has 0 unspecified atom stereocenters. The third-order valence-corrected chi connectivity index (χ3v) is 4.38. The first-order chi connectivity index (χ1) is 12.8. The first kappa shape index (κ1) is 18.6. The van der Waals surface area contributed by atoms with Gasteiger partial charge >= 0.3 is 0 Å². The number of hydrogen-bond acceptors (Lipinski definition) is 2. The largest absolute Gasteiger partial charge is 0.323 e. The summed E-state index contributed by atoms with van der Waals surface area (Å²) >= 11 is 0. The molecule has 134 valence electrons. The number of nitrogens with zero attached hydrogens (tertiary/aromatic N) is 2. The van der Waals surface area contributed by atoms with Crippen LogP contribution < -0.4 is 0 Å². The van der Waals surface area contributed by atoms with Crippen LogP contribution in [0.5, 0.6) is 0 Å². The van der Waals surface area contributed by atoms with Gasteiger partial charge in [-0.25, -0.2) is 4.98 Å². The van der Waals surface area contributed by atoms with Crippen molar-refractivity contribution in [2.24, 2.45) is 0 Å². The normalized spacial score (nSPS) is 10.2. The van der Waals surface area contributed by atoms with Crippen LogP contribution in [0.3, 0.4) is 0 Å². The maximum Gasteiger partial charge on any atom is 0.182 e. The zero-order chi connectivity index (χ0) is 17.8. The van der Waals surface area contributed by atoms with E-state index in [4.69, 9.17) is 0 Å². The monoisotopic (exact) mass is 374 g/mol. The molecule has 0 fully saturated rings. The lowest BCUT2D eigenvalue weighted by atomic mass is 10.0. The summed E-state index contributed by atoms with van der Waals surface area (Å²) in [6, 6.07) is 27.8. The van der Waals surface area contributed by atoms with Crippen molar-refractivity contribution in [3.8, 4) is 22.5 Å². The number of halogens is 1. The van der Waals surface area contributed by atoms with Crippen molar-refractivity contribution in [1.82, 2.24) is 9.55 Å². The number of ketones is 1. The second kappa shape index (κ2) is 8.47. The van der Waals surface area contributed by atoms with Crippen LogP contribution in [0.15, 0.2) is 97.3 Å². The summed E-state index contributed by atoms with van der Waals surface area (Å²) in [5, 5.41) is 0. The van der Waals surface area contributed by atoms with Crippen LogP contribution in [0.1, 0.15) is 10.4 Å². The summed E-state index contributed by atoms with van der Waals surface area (Å²) in [6.45, 7) is 0.273. The van der Waals surface area contributed by atoms with Crippen LogP contribution in [0.2, 0.25) is 0 Å². The smallest absolute Gasteiger partial charge is 0.182 e. The minimum atomic E-state index is 0. The molecule has 0 spiro atoms. The highest BCUT2D eigenvalue weighted by molar-refractivity contribution is 5.96. The van der Waals surface area contributed by atoms with Crippen molar-refractivity contribution in [2.75, 3.05) is 0 Å². The third-order valence-electron chi connectivity index (χ3n) is 4.38. The van der Waals surface area contributed by atoms with E-state index in [-0.39, 0.29) is 24.7 Å². The molecule has 0 aliphatic rings. The average Bonchev–Trinajstić information content (AvgIpc) is 3.17. The fourth-order valence-electron chi connectivity index (χ4n) is 3.01. The van der Waals surface area contributed by atoms with Gasteiger partial charge in [0.15, 0.2) is 5.78 Å². The van der Waals surface area contributed by atoms with E-state index in [1.807, 2.05) is 83.6 Å². The average molecular weight is 375 g/mol. The van der Waals surface area contributed by atoms with E-state index in [0.29, 0.717) is 5.56 Å². The summed E-state index contributed by atoms with van der Waals surface area (Å²) in [4.78, 5) is 17.1. The number of benzene rings is 3. The van der Waals surface area contributed by atoms with E-state index in [1.54, 1.807) is 6.20 Å². The Balaban J connectivity index is 0.00000210.